The van der Waals surface area contributed by atoms with Crippen LogP contribution in [0.25, 0.3) is 0 Å². The Morgan fingerprint density at radius 2 is 1.93 bits per heavy atom. The van der Waals surface area contributed by atoms with Crippen LogP contribution >= 0.6 is 0 Å². The monoisotopic (exact) mass is 200 g/mol. The first kappa shape index (κ1) is 11.3. The molecule has 0 bridgehead atoms. The fraction of sp³-hybridized carbons (Fsp3) is 0.308. The molecular weight excluding hydrogens is 184 g/mol. The third kappa shape index (κ3) is 3.14. The number of nitrogens with one attached hydrogen (secondary N) is 1. The van der Waals surface area contributed by atoms with E-state index in [9.17, 15) is 0 Å². The lowest BCUT2D eigenvalue weighted by Crippen LogP contribution is -2.00. The van der Waals surface area contributed by atoms with Crippen LogP contribution in [0.1, 0.15) is 25.8 Å². The molecule has 0 fully saturated rings. The zero-order valence-corrected chi connectivity index (χ0v) is 9.46. The molecule has 0 saturated carbocycles. The molecule has 0 unspecified atom stereocenters. The first-order valence-corrected chi connectivity index (χ1v) is 5.11. The van der Waals surface area contributed by atoms with Crippen molar-refractivity contribution in [3.05, 3.63) is 41.1 Å². The average Bonchev–Trinajstić information content (AvgIpc) is 2.27. The number of hydrogen-bond acceptors (Lipinski definition) is 2. The smallest absolute Gasteiger partial charge is 0.117 e. The summed E-state index contributed by atoms with van der Waals surface area (Å²) in [6.45, 7) is 6.06. The summed E-state index contributed by atoms with van der Waals surface area (Å²) >= 11 is 0. The molecule has 1 aromatic carbocycles. The van der Waals surface area contributed by atoms with Crippen LogP contribution in [0.4, 0.5) is 5.69 Å². The molecule has 2 heteroatoms. The summed E-state index contributed by atoms with van der Waals surface area (Å²) in [4.78, 5) is 0. The molecule has 0 heterocycles. The lowest BCUT2D eigenvalue weighted by molar-refractivity contribution is 1.07. The Hall–Kier alpha value is -1.75. The molecule has 1 rings (SSSR count). The highest BCUT2D eigenvalue weighted by Crippen LogP contribution is 2.14. The molecule has 0 aliphatic heterocycles. The van der Waals surface area contributed by atoms with Gasteiger partial charge in [0.15, 0.2) is 0 Å². The lowest BCUT2D eigenvalue weighted by Gasteiger charge is -2.07. The molecular formula is C13H16N2. The van der Waals surface area contributed by atoms with Crippen molar-refractivity contribution in [1.82, 2.24) is 0 Å². The molecule has 2 nitrogen and oxygen atoms in total. The minimum Gasteiger partial charge on any atom is -0.347 e. The van der Waals surface area contributed by atoms with E-state index in [-0.39, 0.29) is 0 Å². The largest absolute Gasteiger partial charge is 0.347 e. The number of hydrogen-bond donors (Lipinski definition) is 1. The fourth-order valence-electron chi connectivity index (χ4n) is 1.19. The maximum Gasteiger partial charge on any atom is 0.117 e. The standard InChI is InChI=1S/C13H16N2/c1-4-11(3)13(9-14)15-12-7-5-10(2)6-8-12/h5-8,15H,4H2,1-3H3/b13-11+. The van der Waals surface area contributed by atoms with Crippen LogP contribution in [0.3, 0.4) is 0 Å². The van der Waals surface area contributed by atoms with E-state index in [2.05, 4.69) is 11.4 Å². The Morgan fingerprint density at radius 3 is 2.40 bits per heavy atom. The molecule has 78 valence electrons. The highest BCUT2D eigenvalue weighted by Gasteiger charge is 2.00. The van der Waals surface area contributed by atoms with Crippen molar-refractivity contribution in [2.45, 2.75) is 27.2 Å². The first-order valence-electron chi connectivity index (χ1n) is 5.11. The average molecular weight is 200 g/mol. The number of nitriles is 1. The third-order valence-electron chi connectivity index (χ3n) is 2.39. The maximum atomic E-state index is 8.97. The molecule has 0 aliphatic rings. The molecule has 15 heavy (non-hydrogen) atoms. The second-order valence-corrected chi connectivity index (χ2v) is 3.61. The number of benzene rings is 1. The Labute approximate surface area is 91.2 Å². The summed E-state index contributed by atoms with van der Waals surface area (Å²) in [5.74, 6) is 0. The molecule has 0 atom stereocenters. The van der Waals surface area contributed by atoms with E-state index < -0.39 is 0 Å². The summed E-state index contributed by atoms with van der Waals surface area (Å²) in [6.07, 6.45) is 0.891. The van der Waals surface area contributed by atoms with Crippen molar-refractivity contribution in [2.75, 3.05) is 5.32 Å². The minimum atomic E-state index is 0.654. The molecule has 0 amide bonds. The van der Waals surface area contributed by atoms with Gasteiger partial charge in [0.2, 0.25) is 0 Å². The molecule has 0 spiro atoms. The van der Waals surface area contributed by atoms with Crippen molar-refractivity contribution in [1.29, 1.82) is 5.26 Å². The van der Waals surface area contributed by atoms with Gasteiger partial charge in [0, 0.05) is 5.69 Å². The van der Waals surface area contributed by atoms with Crippen LogP contribution in [-0.2, 0) is 0 Å². The second-order valence-electron chi connectivity index (χ2n) is 3.61. The fourth-order valence-corrected chi connectivity index (χ4v) is 1.19. The molecule has 0 radical (unpaired) electrons. The van der Waals surface area contributed by atoms with E-state index in [4.69, 9.17) is 5.26 Å². The van der Waals surface area contributed by atoms with Gasteiger partial charge in [-0.3, -0.25) is 0 Å². The zero-order valence-electron chi connectivity index (χ0n) is 9.46. The van der Waals surface area contributed by atoms with E-state index in [0.717, 1.165) is 17.7 Å². The van der Waals surface area contributed by atoms with Crippen molar-refractivity contribution < 1.29 is 0 Å². The Balaban J connectivity index is 2.86. The van der Waals surface area contributed by atoms with Crippen molar-refractivity contribution in [3.8, 4) is 6.07 Å². The van der Waals surface area contributed by atoms with E-state index in [1.165, 1.54) is 5.56 Å². The van der Waals surface area contributed by atoms with Gasteiger partial charge >= 0.3 is 0 Å². The van der Waals surface area contributed by atoms with E-state index in [1.807, 2.05) is 45.0 Å². The van der Waals surface area contributed by atoms with Gasteiger partial charge in [-0.25, -0.2) is 0 Å². The second kappa shape index (κ2) is 5.21. The number of anilines is 1. The van der Waals surface area contributed by atoms with E-state index in [1.54, 1.807) is 0 Å². The number of rotatable bonds is 3. The van der Waals surface area contributed by atoms with Crippen molar-refractivity contribution in [2.24, 2.45) is 0 Å². The summed E-state index contributed by atoms with van der Waals surface area (Å²) < 4.78 is 0. The maximum absolute atomic E-state index is 8.97. The number of nitrogens with zero attached hydrogens (tertiary/aromatic N) is 1. The Bertz CT molecular complexity index is 394. The van der Waals surface area contributed by atoms with Crippen LogP contribution in [0, 0.1) is 18.3 Å². The van der Waals surface area contributed by atoms with Crippen molar-refractivity contribution >= 4 is 5.69 Å². The van der Waals surface area contributed by atoms with Crippen LogP contribution in [-0.4, -0.2) is 0 Å². The summed E-state index contributed by atoms with van der Waals surface area (Å²) in [6, 6.07) is 10.2. The Morgan fingerprint density at radius 1 is 1.33 bits per heavy atom. The van der Waals surface area contributed by atoms with Crippen LogP contribution in [0.5, 0.6) is 0 Å². The molecule has 1 N–H and O–H groups in total. The topological polar surface area (TPSA) is 35.8 Å². The van der Waals surface area contributed by atoms with Gasteiger partial charge in [0.25, 0.3) is 0 Å². The normalized spacial score (nSPS) is 11.6. The predicted octanol–water partition coefficient (Wildman–Crippen LogP) is 3.61. The molecule has 0 aliphatic carbocycles. The van der Waals surface area contributed by atoms with E-state index >= 15 is 0 Å². The lowest BCUT2D eigenvalue weighted by atomic mass is 10.1. The highest BCUT2D eigenvalue weighted by molar-refractivity contribution is 5.53. The quantitative estimate of drug-likeness (QED) is 0.756. The molecule has 0 saturated heterocycles. The van der Waals surface area contributed by atoms with Gasteiger partial charge in [-0.1, -0.05) is 24.6 Å². The third-order valence-corrected chi connectivity index (χ3v) is 2.39. The van der Waals surface area contributed by atoms with Gasteiger partial charge in [-0.2, -0.15) is 5.26 Å². The Kier molecular flexibility index (Phi) is 3.93. The predicted molar refractivity (Wildman–Crippen MR) is 63.4 cm³/mol. The van der Waals surface area contributed by atoms with Crippen LogP contribution < -0.4 is 5.32 Å². The van der Waals surface area contributed by atoms with Crippen molar-refractivity contribution in [3.63, 3.8) is 0 Å². The number of allylic oxidation sites excluding steroid dienone is 2. The van der Waals surface area contributed by atoms with Gasteiger partial charge in [0.05, 0.1) is 0 Å². The van der Waals surface area contributed by atoms with E-state index in [0.29, 0.717) is 5.70 Å². The van der Waals surface area contributed by atoms with Gasteiger partial charge in [-0.05, 0) is 38.0 Å². The highest BCUT2D eigenvalue weighted by atomic mass is 14.9. The summed E-state index contributed by atoms with van der Waals surface area (Å²) in [5.41, 5.74) is 3.92. The number of aryl methyl sites for hydroxylation is 1. The zero-order chi connectivity index (χ0) is 11.3. The van der Waals surface area contributed by atoms with Gasteiger partial charge < -0.3 is 5.32 Å². The first-order chi connectivity index (χ1) is 7.17. The van der Waals surface area contributed by atoms with Gasteiger partial charge in [0.1, 0.15) is 11.8 Å². The minimum absolute atomic E-state index is 0.654. The molecule has 0 aromatic heterocycles. The van der Waals surface area contributed by atoms with Gasteiger partial charge in [-0.15, -0.1) is 0 Å². The molecule has 1 aromatic rings. The summed E-state index contributed by atoms with van der Waals surface area (Å²) in [7, 11) is 0. The van der Waals surface area contributed by atoms with Crippen LogP contribution in [0.15, 0.2) is 35.5 Å². The van der Waals surface area contributed by atoms with Crippen LogP contribution in [0.2, 0.25) is 0 Å². The SMILES string of the molecule is CC/C(C)=C(\C#N)Nc1ccc(C)cc1. The summed E-state index contributed by atoms with van der Waals surface area (Å²) in [5, 5.41) is 12.1.